The molecule has 0 saturated heterocycles. The lowest BCUT2D eigenvalue weighted by molar-refractivity contribution is 0.305. The van der Waals surface area contributed by atoms with Gasteiger partial charge in [0.25, 0.3) is 5.95 Å². The Labute approximate surface area is 128 Å². The largest absolute Gasteiger partial charge is 0.489 e. The molecule has 0 aliphatic heterocycles. The number of tetrazole rings is 1. The van der Waals surface area contributed by atoms with Crippen LogP contribution in [0.4, 0.5) is 5.95 Å². The van der Waals surface area contributed by atoms with Gasteiger partial charge in [-0.25, -0.2) is 0 Å². The molecule has 0 bridgehead atoms. The molecule has 0 aliphatic carbocycles. The quantitative estimate of drug-likeness (QED) is 0.731. The number of aryl methyl sites for hydroxylation is 1. The number of hydrogen-bond donors (Lipinski definition) is 2. The summed E-state index contributed by atoms with van der Waals surface area (Å²) in [6, 6.07) is 16.2. The van der Waals surface area contributed by atoms with Crippen molar-refractivity contribution in [1.29, 1.82) is 0 Å². The molecular formula is C16H17N5O. The number of H-pyrrole nitrogens is 1. The van der Waals surface area contributed by atoms with Crippen molar-refractivity contribution in [2.45, 2.75) is 20.1 Å². The van der Waals surface area contributed by atoms with Gasteiger partial charge in [-0.15, -0.1) is 5.10 Å². The van der Waals surface area contributed by atoms with Gasteiger partial charge < -0.3 is 10.1 Å². The fourth-order valence-electron chi connectivity index (χ4n) is 2.05. The molecule has 0 radical (unpaired) electrons. The van der Waals surface area contributed by atoms with Crippen LogP contribution >= 0.6 is 0 Å². The maximum absolute atomic E-state index is 5.82. The summed E-state index contributed by atoms with van der Waals surface area (Å²) in [6.45, 7) is 3.30. The van der Waals surface area contributed by atoms with Gasteiger partial charge in [0.1, 0.15) is 12.4 Å². The molecule has 0 saturated carbocycles. The number of benzene rings is 2. The molecular weight excluding hydrogens is 278 g/mol. The van der Waals surface area contributed by atoms with E-state index < -0.39 is 0 Å². The van der Waals surface area contributed by atoms with Crippen molar-refractivity contribution in [1.82, 2.24) is 20.6 Å². The minimum absolute atomic E-state index is 0.486. The third kappa shape index (κ3) is 3.60. The van der Waals surface area contributed by atoms with Gasteiger partial charge in [-0.1, -0.05) is 41.5 Å². The fourth-order valence-corrected chi connectivity index (χ4v) is 2.05. The summed E-state index contributed by atoms with van der Waals surface area (Å²) in [4.78, 5) is 0. The van der Waals surface area contributed by atoms with Gasteiger partial charge in [0.15, 0.2) is 0 Å². The third-order valence-electron chi connectivity index (χ3n) is 3.37. The van der Waals surface area contributed by atoms with Crippen LogP contribution in [0, 0.1) is 6.92 Å². The summed E-state index contributed by atoms with van der Waals surface area (Å²) in [5.74, 6) is 1.34. The van der Waals surface area contributed by atoms with E-state index in [2.05, 4.69) is 45.0 Å². The standard InChI is InChI=1S/C16H17N5O/c1-12-4-2-3-5-14(12)11-22-15-8-6-13(7-9-15)10-17-16-18-20-21-19-16/h2-9H,10-11H2,1H3,(H2,17,18,19,20,21). The number of hydrogen-bond acceptors (Lipinski definition) is 5. The molecule has 0 unspecified atom stereocenters. The predicted molar refractivity (Wildman–Crippen MR) is 83.5 cm³/mol. The molecule has 0 spiro atoms. The Kier molecular flexibility index (Phi) is 4.29. The number of rotatable bonds is 6. The van der Waals surface area contributed by atoms with E-state index in [9.17, 15) is 0 Å². The molecule has 22 heavy (non-hydrogen) atoms. The molecule has 1 heterocycles. The van der Waals surface area contributed by atoms with E-state index in [4.69, 9.17) is 4.74 Å². The highest BCUT2D eigenvalue weighted by Crippen LogP contribution is 2.16. The van der Waals surface area contributed by atoms with Crippen molar-refractivity contribution in [3.05, 3.63) is 65.2 Å². The van der Waals surface area contributed by atoms with E-state index in [1.807, 2.05) is 36.4 Å². The first-order chi connectivity index (χ1) is 10.8. The predicted octanol–water partition coefficient (Wildman–Crippen LogP) is 2.70. The zero-order valence-corrected chi connectivity index (χ0v) is 12.3. The van der Waals surface area contributed by atoms with Crippen LogP contribution in [0.1, 0.15) is 16.7 Å². The Morgan fingerprint density at radius 1 is 1.09 bits per heavy atom. The van der Waals surface area contributed by atoms with Crippen molar-refractivity contribution in [3.8, 4) is 5.75 Å². The molecule has 0 atom stereocenters. The van der Waals surface area contributed by atoms with Gasteiger partial charge in [0, 0.05) is 6.54 Å². The van der Waals surface area contributed by atoms with Crippen LogP contribution < -0.4 is 10.1 Å². The SMILES string of the molecule is Cc1ccccc1COc1ccc(CNc2nn[nH]n2)cc1. The Morgan fingerprint density at radius 3 is 2.64 bits per heavy atom. The number of aromatic nitrogens is 4. The zero-order chi connectivity index (χ0) is 15.2. The maximum atomic E-state index is 5.82. The molecule has 2 aromatic carbocycles. The highest BCUT2D eigenvalue weighted by atomic mass is 16.5. The highest BCUT2D eigenvalue weighted by Gasteiger charge is 2.01. The second-order valence-electron chi connectivity index (χ2n) is 4.95. The minimum atomic E-state index is 0.486. The Balaban J connectivity index is 1.54. The molecule has 1 aromatic heterocycles. The monoisotopic (exact) mass is 295 g/mol. The lowest BCUT2D eigenvalue weighted by Crippen LogP contribution is -2.01. The van der Waals surface area contributed by atoms with Crippen molar-refractivity contribution in [3.63, 3.8) is 0 Å². The molecule has 3 aromatic rings. The fraction of sp³-hybridized carbons (Fsp3) is 0.188. The van der Waals surface area contributed by atoms with Gasteiger partial charge in [-0.3, -0.25) is 0 Å². The lowest BCUT2D eigenvalue weighted by atomic mass is 10.1. The van der Waals surface area contributed by atoms with E-state index >= 15 is 0 Å². The maximum Gasteiger partial charge on any atom is 0.263 e. The summed E-state index contributed by atoms with van der Waals surface area (Å²) < 4.78 is 5.82. The van der Waals surface area contributed by atoms with Crippen LogP contribution in [-0.4, -0.2) is 20.6 Å². The molecule has 3 rings (SSSR count). The van der Waals surface area contributed by atoms with E-state index in [1.165, 1.54) is 11.1 Å². The Morgan fingerprint density at radius 2 is 1.91 bits per heavy atom. The van der Waals surface area contributed by atoms with Gasteiger partial charge in [0.05, 0.1) is 0 Å². The molecule has 0 fully saturated rings. The van der Waals surface area contributed by atoms with Crippen molar-refractivity contribution >= 4 is 5.95 Å². The molecule has 6 heteroatoms. The van der Waals surface area contributed by atoms with Gasteiger partial charge >= 0.3 is 0 Å². The molecule has 6 nitrogen and oxygen atoms in total. The van der Waals surface area contributed by atoms with E-state index in [0.717, 1.165) is 11.3 Å². The third-order valence-corrected chi connectivity index (χ3v) is 3.37. The summed E-state index contributed by atoms with van der Waals surface area (Å²) in [5, 5.41) is 16.6. The lowest BCUT2D eigenvalue weighted by Gasteiger charge is -2.09. The number of anilines is 1. The first kappa shape index (κ1) is 14.1. The number of nitrogens with one attached hydrogen (secondary N) is 2. The molecule has 0 aliphatic rings. The summed E-state index contributed by atoms with van der Waals surface area (Å²) in [6.07, 6.45) is 0. The second-order valence-corrected chi connectivity index (χ2v) is 4.95. The van der Waals surface area contributed by atoms with Crippen molar-refractivity contribution < 1.29 is 4.74 Å². The van der Waals surface area contributed by atoms with Crippen LogP contribution in [0.15, 0.2) is 48.5 Å². The van der Waals surface area contributed by atoms with Gasteiger partial charge in [-0.2, -0.15) is 5.21 Å². The smallest absolute Gasteiger partial charge is 0.263 e. The van der Waals surface area contributed by atoms with Crippen LogP contribution in [0.3, 0.4) is 0 Å². The van der Waals surface area contributed by atoms with Crippen LogP contribution in [0.2, 0.25) is 0 Å². The zero-order valence-electron chi connectivity index (χ0n) is 12.3. The first-order valence-electron chi connectivity index (χ1n) is 7.05. The second kappa shape index (κ2) is 6.71. The number of nitrogens with zero attached hydrogens (tertiary/aromatic N) is 3. The summed E-state index contributed by atoms with van der Waals surface area (Å²) in [5.41, 5.74) is 3.56. The van der Waals surface area contributed by atoms with Crippen LogP contribution in [0.5, 0.6) is 5.75 Å². The number of aromatic amines is 1. The summed E-state index contributed by atoms with van der Waals surface area (Å²) >= 11 is 0. The van der Waals surface area contributed by atoms with E-state index in [-0.39, 0.29) is 0 Å². The topological polar surface area (TPSA) is 75.7 Å². The average molecular weight is 295 g/mol. The van der Waals surface area contributed by atoms with E-state index in [0.29, 0.717) is 19.1 Å². The normalized spacial score (nSPS) is 10.4. The molecule has 0 amide bonds. The van der Waals surface area contributed by atoms with Crippen molar-refractivity contribution in [2.24, 2.45) is 0 Å². The average Bonchev–Trinajstić information content (AvgIpc) is 3.07. The van der Waals surface area contributed by atoms with Gasteiger partial charge in [0.2, 0.25) is 0 Å². The molecule has 2 N–H and O–H groups in total. The summed E-state index contributed by atoms with van der Waals surface area (Å²) in [7, 11) is 0. The minimum Gasteiger partial charge on any atom is -0.489 e. The highest BCUT2D eigenvalue weighted by molar-refractivity contribution is 5.31. The Bertz CT molecular complexity index is 710. The van der Waals surface area contributed by atoms with Crippen LogP contribution in [-0.2, 0) is 13.2 Å². The van der Waals surface area contributed by atoms with Crippen LogP contribution in [0.25, 0.3) is 0 Å². The van der Waals surface area contributed by atoms with Gasteiger partial charge in [-0.05, 0) is 41.0 Å². The molecule has 112 valence electrons. The number of ether oxygens (including phenoxy) is 1. The van der Waals surface area contributed by atoms with E-state index in [1.54, 1.807) is 0 Å². The first-order valence-corrected chi connectivity index (χ1v) is 7.05. The van der Waals surface area contributed by atoms with Crippen molar-refractivity contribution in [2.75, 3.05) is 5.32 Å². The Hall–Kier alpha value is -2.89.